The molecule has 0 aliphatic carbocycles. The minimum absolute atomic E-state index is 0.167. The van der Waals surface area contributed by atoms with E-state index in [4.69, 9.17) is 9.47 Å². The number of fused-ring (bicyclic) bond motifs is 1. The van der Waals surface area contributed by atoms with Crippen molar-refractivity contribution in [1.82, 2.24) is 19.5 Å². The molecule has 0 N–H and O–H groups in total. The second kappa shape index (κ2) is 10.6. The molecule has 39 heavy (non-hydrogen) atoms. The number of nitriles is 1. The van der Waals surface area contributed by atoms with E-state index in [9.17, 15) is 23.2 Å². The van der Waals surface area contributed by atoms with Gasteiger partial charge in [-0.2, -0.15) is 23.5 Å². The first-order chi connectivity index (χ1) is 18.3. The standard InChI is InChI=1S/C27H31F3N6O3/c1-6-38-21-10-22(24-18(11-31)13-33-36(24)16-21)17-7-8-23(32-12-17)35-14-19(27(28,29)30)9-20(15-35)34(5)25(37)39-26(2,3)4/h7-8,10,12-13,16,19-20H,6,9,14-15H2,1-5H3/t19-,20+/m0/s1. The molecule has 12 heteroatoms. The Morgan fingerprint density at radius 3 is 2.56 bits per heavy atom. The Morgan fingerprint density at radius 2 is 1.97 bits per heavy atom. The number of hydrogen-bond donors (Lipinski definition) is 0. The molecule has 0 saturated carbocycles. The van der Waals surface area contributed by atoms with Crippen LogP contribution >= 0.6 is 0 Å². The summed E-state index contributed by atoms with van der Waals surface area (Å²) < 4.78 is 54.2. The van der Waals surface area contributed by atoms with E-state index in [1.54, 1.807) is 60.8 Å². The lowest BCUT2D eigenvalue weighted by atomic mass is 9.92. The van der Waals surface area contributed by atoms with Gasteiger partial charge in [0.05, 0.1) is 42.0 Å². The van der Waals surface area contributed by atoms with Gasteiger partial charge in [0.2, 0.25) is 0 Å². The molecule has 1 aliphatic heterocycles. The number of alkyl halides is 3. The highest BCUT2D eigenvalue weighted by molar-refractivity contribution is 5.85. The monoisotopic (exact) mass is 544 g/mol. The molecule has 0 radical (unpaired) electrons. The normalized spacial score (nSPS) is 18.1. The number of ether oxygens (including phenoxy) is 2. The number of aromatic nitrogens is 3. The van der Waals surface area contributed by atoms with Crippen molar-refractivity contribution >= 4 is 17.4 Å². The van der Waals surface area contributed by atoms with E-state index in [0.717, 1.165) is 0 Å². The summed E-state index contributed by atoms with van der Waals surface area (Å²) in [5.41, 5.74) is 1.48. The molecule has 1 aliphatic rings. The smallest absolute Gasteiger partial charge is 0.410 e. The Bertz CT molecular complexity index is 1370. The lowest BCUT2D eigenvalue weighted by Crippen LogP contribution is -2.55. The van der Waals surface area contributed by atoms with Gasteiger partial charge in [-0.3, -0.25) is 0 Å². The number of rotatable bonds is 5. The Kier molecular flexibility index (Phi) is 7.63. The number of nitrogens with zero attached hydrogens (tertiary/aromatic N) is 6. The van der Waals surface area contributed by atoms with Crippen molar-refractivity contribution in [3.8, 4) is 22.9 Å². The summed E-state index contributed by atoms with van der Waals surface area (Å²) in [5, 5.41) is 13.8. The largest absolute Gasteiger partial charge is 0.492 e. The number of anilines is 1. The molecular formula is C27H31F3N6O3. The third kappa shape index (κ3) is 6.19. The summed E-state index contributed by atoms with van der Waals surface area (Å²) >= 11 is 0. The second-order valence-corrected chi connectivity index (χ2v) is 10.5. The van der Waals surface area contributed by atoms with Gasteiger partial charge < -0.3 is 19.3 Å². The van der Waals surface area contributed by atoms with Crippen molar-refractivity contribution in [3.63, 3.8) is 0 Å². The van der Waals surface area contributed by atoms with Crippen LogP contribution in [0.25, 0.3) is 16.6 Å². The van der Waals surface area contributed by atoms with Crippen LogP contribution in [0.3, 0.4) is 0 Å². The van der Waals surface area contributed by atoms with Crippen molar-refractivity contribution in [2.24, 2.45) is 5.92 Å². The van der Waals surface area contributed by atoms with Crippen LogP contribution < -0.4 is 9.64 Å². The van der Waals surface area contributed by atoms with E-state index in [1.807, 2.05) is 6.92 Å². The SMILES string of the molecule is CCOc1cc(-c2ccc(N3C[C@H](N(C)C(=O)OC(C)(C)C)C[C@H](C(F)(F)F)C3)nc2)c2c(C#N)cnn2c1. The number of pyridine rings is 2. The molecule has 208 valence electrons. The van der Waals surface area contributed by atoms with E-state index in [0.29, 0.717) is 40.4 Å². The van der Waals surface area contributed by atoms with Gasteiger partial charge in [-0.15, -0.1) is 0 Å². The third-order valence-electron chi connectivity index (χ3n) is 6.52. The number of piperidine rings is 1. The Balaban J connectivity index is 1.65. The van der Waals surface area contributed by atoms with Gasteiger partial charge in [-0.1, -0.05) is 0 Å². The van der Waals surface area contributed by atoms with Gasteiger partial charge in [0.25, 0.3) is 0 Å². The molecule has 9 nitrogen and oxygen atoms in total. The molecule has 4 rings (SSSR count). The first-order valence-corrected chi connectivity index (χ1v) is 12.6. The molecule has 2 atom stereocenters. The molecule has 1 amide bonds. The second-order valence-electron chi connectivity index (χ2n) is 10.5. The predicted octanol–water partition coefficient (Wildman–Crippen LogP) is 5.29. The molecule has 4 heterocycles. The average Bonchev–Trinajstić information content (AvgIpc) is 3.29. The molecule has 0 spiro atoms. The molecule has 0 unspecified atom stereocenters. The predicted molar refractivity (Wildman–Crippen MR) is 138 cm³/mol. The first kappa shape index (κ1) is 28.0. The maximum Gasteiger partial charge on any atom is 0.410 e. The molecule has 0 bridgehead atoms. The van der Waals surface area contributed by atoms with Crippen molar-refractivity contribution in [1.29, 1.82) is 5.26 Å². The van der Waals surface area contributed by atoms with E-state index >= 15 is 0 Å². The summed E-state index contributed by atoms with van der Waals surface area (Å²) in [6.07, 6.45) is -0.648. The van der Waals surface area contributed by atoms with Gasteiger partial charge in [-0.05, 0) is 52.3 Å². The number of carbonyl (C=O) groups is 1. The fourth-order valence-corrected chi connectivity index (χ4v) is 4.64. The fraction of sp³-hybridized carbons (Fsp3) is 0.481. The zero-order chi connectivity index (χ0) is 28.5. The lowest BCUT2D eigenvalue weighted by molar-refractivity contribution is -0.179. The van der Waals surface area contributed by atoms with Crippen LogP contribution in [0.15, 0.2) is 36.8 Å². The number of halogens is 3. The van der Waals surface area contributed by atoms with Crippen molar-refractivity contribution in [2.45, 2.75) is 51.9 Å². The molecule has 0 aromatic carbocycles. The van der Waals surface area contributed by atoms with Crippen LogP contribution in [0.1, 0.15) is 39.7 Å². The van der Waals surface area contributed by atoms with Crippen LogP contribution in [-0.4, -0.2) is 70.2 Å². The van der Waals surface area contributed by atoms with Crippen molar-refractivity contribution in [2.75, 3.05) is 31.6 Å². The summed E-state index contributed by atoms with van der Waals surface area (Å²) in [5.74, 6) is -0.745. The Labute approximate surface area is 224 Å². The molecule has 3 aromatic heterocycles. The van der Waals surface area contributed by atoms with Gasteiger partial charge in [-0.25, -0.2) is 14.3 Å². The number of amides is 1. The zero-order valence-electron chi connectivity index (χ0n) is 22.5. The molecule has 1 saturated heterocycles. The summed E-state index contributed by atoms with van der Waals surface area (Å²) in [6.45, 7) is 7.29. The van der Waals surface area contributed by atoms with Crippen LogP contribution in [0.2, 0.25) is 0 Å². The van der Waals surface area contributed by atoms with Crippen LogP contribution in [0.4, 0.5) is 23.8 Å². The summed E-state index contributed by atoms with van der Waals surface area (Å²) in [7, 11) is 1.46. The van der Waals surface area contributed by atoms with Crippen molar-refractivity contribution < 1.29 is 27.4 Å². The summed E-state index contributed by atoms with van der Waals surface area (Å²) in [6, 6.07) is 6.57. The minimum Gasteiger partial charge on any atom is -0.492 e. The maximum absolute atomic E-state index is 13.9. The molecule has 1 fully saturated rings. The highest BCUT2D eigenvalue weighted by atomic mass is 19.4. The van der Waals surface area contributed by atoms with Crippen LogP contribution in [-0.2, 0) is 4.74 Å². The van der Waals surface area contributed by atoms with E-state index in [1.165, 1.54) is 18.1 Å². The quantitative estimate of drug-likeness (QED) is 0.431. The number of hydrogen-bond acceptors (Lipinski definition) is 7. The van der Waals surface area contributed by atoms with E-state index < -0.39 is 29.8 Å². The van der Waals surface area contributed by atoms with Gasteiger partial charge in [0.15, 0.2) is 0 Å². The Morgan fingerprint density at radius 1 is 1.23 bits per heavy atom. The molecule has 3 aromatic rings. The highest BCUT2D eigenvalue weighted by Crippen LogP contribution is 2.37. The van der Waals surface area contributed by atoms with Crippen molar-refractivity contribution in [3.05, 3.63) is 42.4 Å². The third-order valence-corrected chi connectivity index (χ3v) is 6.52. The maximum atomic E-state index is 13.9. The lowest BCUT2D eigenvalue weighted by Gasteiger charge is -2.42. The average molecular weight is 545 g/mol. The van der Waals surface area contributed by atoms with Gasteiger partial charge in [0, 0.05) is 37.5 Å². The highest BCUT2D eigenvalue weighted by Gasteiger charge is 2.46. The number of likely N-dealkylation sites (N-methyl/N-ethyl adjacent to an activating group) is 1. The van der Waals surface area contributed by atoms with Gasteiger partial charge in [0.1, 0.15) is 23.2 Å². The van der Waals surface area contributed by atoms with Gasteiger partial charge >= 0.3 is 12.3 Å². The molecular weight excluding hydrogens is 513 g/mol. The number of carbonyl (C=O) groups excluding carboxylic acids is 1. The van der Waals surface area contributed by atoms with E-state index in [-0.39, 0.29) is 19.5 Å². The summed E-state index contributed by atoms with van der Waals surface area (Å²) in [4.78, 5) is 19.9. The topological polar surface area (TPSA) is 96.0 Å². The van der Waals surface area contributed by atoms with E-state index in [2.05, 4.69) is 16.2 Å². The minimum atomic E-state index is -4.44. The first-order valence-electron chi connectivity index (χ1n) is 12.6. The van der Waals surface area contributed by atoms with Crippen LogP contribution in [0, 0.1) is 17.2 Å². The zero-order valence-corrected chi connectivity index (χ0v) is 22.5. The fourth-order valence-electron chi connectivity index (χ4n) is 4.64. The Hall–Kier alpha value is -4.01. The van der Waals surface area contributed by atoms with Crippen LogP contribution in [0.5, 0.6) is 5.75 Å².